The molecule has 0 aliphatic rings. The van der Waals surface area contributed by atoms with Crippen molar-refractivity contribution in [2.75, 3.05) is 25.7 Å². The van der Waals surface area contributed by atoms with Crippen LogP contribution in [0.15, 0.2) is 30.5 Å². The largest absolute Gasteiger partial charge is 0.469 e. The number of esters is 2. The minimum atomic E-state index is -0.997. The summed E-state index contributed by atoms with van der Waals surface area (Å²) in [5, 5.41) is 2.60. The summed E-state index contributed by atoms with van der Waals surface area (Å²) in [5.41, 5.74) is 14.0. The molecular formula is C25H27N7O5. The number of nitrogens with zero attached hydrogens (tertiary/aromatic N) is 4. The predicted molar refractivity (Wildman–Crippen MR) is 135 cm³/mol. The Labute approximate surface area is 213 Å². The van der Waals surface area contributed by atoms with Crippen LogP contribution in [0.4, 0.5) is 11.8 Å². The lowest BCUT2D eigenvalue weighted by Crippen LogP contribution is -2.41. The van der Waals surface area contributed by atoms with E-state index in [1.807, 2.05) is 0 Å². The second-order valence-corrected chi connectivity index (χ2v) is 8.10. The van der Waals surface area contributed by atoms with Crippen LogP contribution < -0.4 is 16.8 Å². The van der Waals surface area contributed by atoms with Crippen LogP contribution in [0.25, 0.3) is 11.2 Å². The van der Waals surface area contributed by atoms with Crippen molar-refractivity contribution in [2.45, 2.75) is 37.6 Å². The quantitative estimate of drug-likeness (QED) is 0.265. The fourth-order valence-electron chi connectivity index (χ4n) is 3.69. The van der Waals surface area contributed by atoms with Gasteiger partial charge < -0.3 is 26.3 Å². The van der Waals surface area contributed by atoms with Gasteiger partial charge in [-0.2, -0.15) is 9.97 Å². The normalized spacial score (nSPS) is 12.2. The third-order valence-corrected chi connectivity index (χ3v) is 5.62. The van der Waals surface area contributed by atoms with E-state index in [0.717, 1.165) is 5.56 Å². The van der Waals surface area contributed by atoms with Crippen molar-refractivity contribution in [3.05, 3.63) is 47.3 Å². The maximum Gasteiger partial charge on any atom is 0.328 e. The van der Waals surface area contributed by atoms with E-state index in [-0.39, 0.29) is 30.5 Å². The van der Waals surface area contributed by atoms with Crippen molar-refractivity contribution >= 4 is 40.8 Å². The maximum atomic E-state index is 12.7. The third kappa shape index (κ3) is 6.88. The SMILES string of the molecule is C#CCC(Cc1cnc2nc(N)nc(N)c2n1)c1ccc(C(=O)N[C@@H](CCC(=O)OC)C(=O)OC)cc1. The lowest BCUT2D eigenvalue weighted by Gasteiger charge is -2.17. The molecule has 0 radical (unpaired) electrons. The van der Waals surface area contributed by atoms with Crippen LogP contribution in [-0.4, -0.2) is 58.0 Å². The number of ether oxygens (including phenoxy) is 2. The smallest absolute Gasteiger partial charge is 0.328 e. The van der Waals surface area contributed by atoms with Gasteiger partial charge in [0.1, 0.15) is 6.04 Å². The van der Waals surface area contributed by atoms with Gasteiger partial charge in [-0.05, 0) is 30.5 Å². The van der Waals surface area contributed by atoms with Crippen molar-refractivity contribution in [3.8, 4) is 12.3 Å². The number of amides is 1. The molecule has 3 aromatic rings. The van der Waals surface area contributed by atoms with Crippen LogP contribution in [-0.2, 0) is 25.5 Å². The summed E-state index contributed by atoms with van der Waals surface area (Å²) in [7, 11) is 2.45. The third-order valence-electron chi connectivity index (χ3n) is 5.62. The Balaban J connectivity index is 1.75. The molecule has 0 aliphatic carbocycles. The number of nitrogens with two attached hydrogens (primary N) is 2. The Morgan fingerprint density at radius 2 is 1.81 bits per heavy atom. The number of carbonyl (C=O) groups excluding carboxylic acids is 3. The molecule has 192 valence electrons. The van der Waals surface area contributed by atoms with Gasteiger partial charge in [0.15, 0.2) is 17.0 Å². The van der Waals surface area contributed by atoms with Gasteiger partial charge in [0.25, 0.3) is 5.91 Å². The number of fused-ring (bicyclic) bond motifs is 1. The zero-order valence-electron chi connectivity index (χ0n) is 20.4. The minimum absolute atomic E-state index is 0.0164. The average Bonchev–Trinajstić information content (AvgIpc) is 2.90. The number of rotatable bonds is 10. The van der Waals surface area contributed by atoms with Gasteiger partial charge in [-0.3, -0.25) is 9.59 Å². The van der Waals surface area contributed by atoms with Gasteiger partial charge in [0.2, 0.25) is 5.95 Å². The van der Waals surface area contributed by atoms with Crippen molar-refractivity contribution in [1.29, 1.82) is 0 Å². The summed E-state index contributed by atoms with van der Waals surface area (Å²) in [6.07, 6.45) is 8.06. The van der Waals surface area contributed by atoms with E-state index in [4.69, 9.17) is 22.6 Å². The molecule has 12 nitrogen and oxygen atoms in total. The van der Waals surface area contributed by atoms with Crippen LogP contribution in [0.5, 0.6) is 0 Å². The molecule has 0 fully saturated rings. The lowest BCUT2D eigenvalue weighted by molar-refractivity contribution is -0.144. The van der Waals surface area contributed by atoms with E-state index in [9.17, 15) is 14.4 Å². The maximum absolute atomic E-state index is 12.7. The summed E-state index contributed by atoms with van der Waals surface area (Å²) < 4.78 is 9.32. The highest BCUT2D eigenvalue weighted by atomic mass is 16.5. The van der Waals surface area contributed by atoms with Crippen molar-refractivity contribution in [1.82, 2.24) is 25.3 Å². The fraction of sp³-hybridized carbons (Fsp3) is 0.320. The summed E-state index contributed by atoms with van der Waals surface area (Å²) >= 11 is 0. The summed E-state index contributed by atoms with van der Waals surface area (Å²) in [5.74, 6) is 1.06. The average molecular weight is 506 g/mol. The number of terminal acetylenes is 1. The Morgan fingerprint density at radius 3 is 2.46 bits per heavy atom. The second kappa shape index (κ2) is 12.3. The van der Waals surface area contributed by atoms with Crippen LogP contribution in [0.2, 0.25) is 0 Å². The molecule has 12 heteroatoms. The fourth-order valence-corrected chi connectivity index (χ4v) is 3.69. The molecule has 1 aromatic carbocycles. The molecule has 3 rings (SSSR count). The number of nitrogen functional groups attached to an aromatic ring is 2. The van der Waals surface area contributed by atoms with E-state index < -0.39 is 23.9 Å². The number of carbonyl (C=O) groups is 3. The first-order valence-corrected chi connectivity index (χ1v) is 11.3. The Kier molecular flexibility index (Phi) is 8.88. The number of aromatic nitrogens is 4. The number of hydrogen-bond donors (Lipinski definition) is 3. The van der Waals surface area contributed by atoms with Crippen LogP contribution in [0, 0.1) is 12.3 Å². The highest BCUT2D eigenvalue weighted by Gasteiger charge is 2.23. The number of methoxy groups -OCH3 is 2. The Morgan fingerprint density at radius 1 is 1.08 bits per heavy atom. The van der Waals surface area contributed by atoms with E-state index in [2.05, 4.69) is 35.9 Å². The van der Waals surface area contributed by atoms with Crippen molar-refractivity contribution < 1.29 is 23.9 Å². The first-order valence-electron chi connectivity index (χ1n) is 11.3. The van der Waals surface area contributed by atoms with Gasteiger partial charge in [-0.15, -0.1) is 12.3 Å². The first kappa shape index (κ1) is 26.8. The summed E-state index contributed by atoms with van der Waals surface area (Å²) in [4.78, 5) is 53.0. The minimum Gasteiger partial charge on any atom is -0.469 e. The van der Waals surface area contributed by atoms with E-state index in [1.54, 1.807) is 30.5 Å². The number of benzene rings is 1. The topological polar surface area (TPSA) is 185 Å². The molecule has 0 saturated carbocycles. The highest BCUT2D eigenvalue weighted by Crippen LogP contribution is 2.25. The molecule has 0 spiro atoms. The first-order chi connectivity index (χ1) is 17.7. The Hall–Kier alpha value is -4.79. The van der Waals surface area contributed by atoms with Crippen molar-refractivity contribution in [2.24, 2.45) is 0 Å². The van der Waals surface area contributed by atoms with Crippen molar-refractivity contribution in [3.63, 3.8) is 0 Å². The van der Waals surface area contributed by atoms with Gasteiger partial charge in [-0.1, -0.05) is 12.1 Å². The molecule has 1 unspecified atom stereocenters. The molecule has 0 saturated heterocycles. The second-order valence-electron chi connectivity index (χ2n) is 8.10. The van der Waals surface area contributed by atoms with Gasteiger partial charge >= 0.3 is 11.9 Å². The molecule has 2 aromatic heterocycles. The standard InChI is InChI=1S/C25H27N7O5/c1-4-5-16(12-17-13-28-22-20(29-17)21(26)31-25(27)32-22)14-6-8-15(9-7-14)23(34)30-18(24(35)37-3)10-11-19(33)36-2/h1,6-9,13,16,18H,5,10-12H2,2-3H3,(H,30,34)(H4,26,27,28,31,32)/t16?,18-/m0/s1. The molecule has 1 amide bonds. The van der Waals surface area contributed by atoms with Crippen LogP contribution in [0.3, 0.4) is 0 Å². The molecule has 37 heavy (non-hydrogen) atoms. The molecular weight excluding hydrogens is 478 g/mol. The monoisotopic (exact) mass is 505 g/mol. The summed E-state index contributed by atoms with van der Waals surface area (Å²) in [6, 6.07) is 5.83. The molecule has 0 bridgehead atoms. The lowest BCUT2D eigenvalue weighted by atomic mass is 9.91. The van der Waals surface area contributed by atoms with E-state index >= 15 is 0 Å². The highest BCUT2D eigenvalue weighted by molar-refractivity contribution is 5.96. The van der Waals surface area contributed by atoms with Gasteiger partial charge in [0, 0.05) is 24.3 Å². The number of nitrogens with one attached hydrogen (secondary N) is 1. The number of hydrogen-bond acceptors (Lipinski definition) is 11. The zero-order chi connectivity index (χ0) is 26.9. The molecule has 2 heterocycles. The van der Waals surface area contributed by atoms with E-state index in [1.165, 1.54) is 14.2 Å². The number of anilines is 2. The van der Waals surface area contributed by atoms with Crippen LogP contribution in [0.1, 0.15) is 46.8 Å². The molecule has 5 N–H and O–H groups in total. The Bertz CT molecular complexity index is 1340. The zero-order valence-corrected chi connectivity index (χ0v) is 20.4. The van der Waals surface area contributed by atoms with E-state index in [0.29, 0.717) is 35.3 Å². The van der Waals surface area contributed by atoms with Gasteiger partial charge in [0.05, 0.1) is 26.1 Å². The summed E-state index contributed by atoms with van der Waals surface area (Å²) in [6.45, 7) is 0. The molecule has 2 atom stereocenters. The predicted octanol–water partition coefficient (Wildman–Crippen LogP) is 1.16. The van der Waals surface area contributed by atoms with Gasteiger partial charge in [-0.25, -0.2) is 14.8 Å². The molecule has 0 aliphatic heterocycles. The van der Waals surface area contributed by atoms with Crippen LogP contribution >= 0.6 is 0 Å².